The summed E-state index contributed by atoms with van der Waals surface area (Å²) in [5.74, 6) is 1.88. The fourth-order valence-corrected chi connectivity index (χ4v) is 3.69. The van der Waals surface area contributed by atoms with Crippen molar-refractivity contribution >= 4 is 11.6 Å². The molecule has 0 radical (unpaired) electrons. The van der Waals surface area contributed by atoms with E-state index in [9.17, 15) is 4.79 Å². The van der Waals surface area contributed by atoms with E-state index in [-0.39, 0.29) is 12.7 Å². The van der Waals surface area contributed by atoms with E-state index in [4.69, 9.17) is 19.9 Å². The predicted molar refractivity (Wildman–Crippen MR) is 101 cm³/mol. The maximum absolute atomic E-state index is 12.5. The maximum atomic E-state index is 12.5. The van der Waals surface area contributed by atoms with Gasteiger partial charge in [0.25, 0.3) is 5.91 Å². The van der Waals surface area contributed by atoms with E-state index >= 15 is 0 Å². The molecule has 0 saturated heterocycles. The number of nitrogens with one attached hydrogen (secondary N) is 1. The Morgan fingerprint density at radius 1 is 1.22 bits per heavy atom. The van der Waals surface area contributed by atoms with Crippen LogP contribution in [0, 0.1) is 0 Å². The molecule has 2 aromatic rings. The Hall–Kier alpha value is -2.93. The Morgan fingerprint density at radius 2 is 1.96 bits per heavy atom. The van der Waals surface area contributed by atoms with E-state index in [2.05, 4.69) is 17.3 Å². The molecule has 0 unspecified atom stereocenters. The molecule has 2 heterocycles. The standard InChI is InChI=1S/C20H23N3O4/c1-23-8-7-14-15(9-22-20(24)12-3-5-13(21)6-4-12)18-19(27-11-26-18)17(25-2)16(14)10-23/h3-6H,7-11,21H2,1-2H3,(H,22,24). The highest BCUT2D eigenvalue weighted by Crippen LogP contribution is 2.49. The first-order valence-electron chi connectivity index (χ1n) is 8.91. The second-order valence-corrected chi connectivity index (χ2v) is 6.83. The minimum absolute atomic E-state index is 0.153. The summed E-state index contributed by atoms with van der Waals surface area (Å²) < 4.78 is 17.0. The molecule has 0 atom stereocenters. The number of likely N-dealkylation sites (N-methyl/N-ethyl adjacent to an activating group) is 1. The second kappa shape index (κ2) is 7.00. The van der Waals surface area contributed by atoms with Crippen LogP contribution in [0.15, 0.2) is 24.3 Å². The van der Waals surface area contributed by atoms with Crippen molar-refractivity contribution in [3.63, 3.8) is 0 Å². The number of rotatable bonds is 4. The van der Waals surface area contributed by atoms with Crippen LogP contribution in [0.1, 0.15) is 27.0 Å². The average Bonchev–Trinajstić information content (AvgIpc) is 3.14. The highest BCUT2D eigenvalue weighted by atomic mass is 16.7. The first-order valence-corrected chi connectivity index (χ1v) is 8.91. The van der Waals surface area contributed by atoms with Crippen molar-refractivity contribution in [3.8, 4) is 17.2 Å². The number of benzene rings is 2. The fraction of sp³-hybridized carbons (Fsp3) is 0.350. The molecule has 0 aliphatic carbocycles. The number of nitrogen functional groups attached to an aromatic ring is 1. The zero-order valence-corrected chi connectivity index (χ0v) is 15.5. The van der Waals surface area contributed by atoms with Crippen LogP contribution in [0.5, 0.6) is 17.2 Å². The van der Waals surface area contributed by atoms with E-state index < -0.39 is 0 Å². The zero-order valence-electron chi connectivity index (χ0n) is 15.5. The zero-order chi connectivity index (χ0) is 19.0. The lowest BCUT2D eigenvalue weighted by molar-refractivity contribution is 0.0950. The molecule has 0 bridgehead atoms. The van der Waals surface area contributed by atoms with Gasteiger partial charge in [-0.05, 0) is 43.3 Å². The van der Waals surface area contributed by atoms with Crippen LogP contribution in [-0.4, -0.2) is 38.3 Å². The summed E-state index contributed by atoms with van der Waals surface area (Å²) in [7, 11) is 3.73. The number of methoxy groups -OCH3 is 1. The molecule has 1 amide bonds. The van der Waals surface area contributed by atoms with Crippen LogP contribution in [0.4, 0.5) is 5.69 Å². The minimum Gasteiger partial charge on any atom is -0.492 e. The van der Waals surface area contributed by atoms with Crippen molar-refractivity contribution in [1.29, 1.82) is 0 Å². The van der Waals surface area contributed by atoms with Crippen molar-refractivity contribution in [2.45, 2.75) is 19.5 Å². The smallest absolute Gasteiger partial charge is 0.251 e. The Bertz CT molecular complexity index is 880. The summed E-state index contributed by atoms with van der Waals surface area (Å²) in [6.45, 7) is 2.23. The van der Waals surface area contributed by atoms with Gasteiger partial charge in [0.15, 0.2) is 11.5 Å². The van der Waals surface area contributed by atoms with E-state index in [1.807, 2.05) is 0 Å². The molecule has 2 aliphatic heterocycles. The van der Waals surface area contributed by atoms with E-state index in [0.29, 0.717) is 29.3 Å². The third-order valence-electron chi connectivity index (χ3n) is 5.07. The van der Waals surface area contributed by atoms with E-state index in [0.717, 1.165) is 36.4 Å². The van der Waals surface area contributed by atoms with Crippen molar-refractivity contribution in [3.05, 3.63) is 46.5 Å². The van der Waals surface area contributed by atoms with Crippen molar-refractivity contribution < 1.29 is 19.0 Å². The molecule has 0 saturated carbocycles. The van der Waals surface area contributed by atoms with E-state index in [1.54, 1.807) is 31.4 Å². The molecule has 4 rings (SSSR count). The number of hydrogen-bond donors (Lipinski definition) is 2. The second-order valence-electron chi connectivity index (χ2n) is 6.83. The molecule has 27 heavy (non-hydrogen) atoms. The Balaban J connectivity index is 1.66. The Kier molecular flexibility index (Phi) is 4.53. The van der Waals surface area contributed by atoms with Gasteiger partial charge in [0.1, 0.15) is 0 Å². The monoisotopic (exact) mass is 369 g/mol. The quantitative estimate of drug-likeness (QED) is 0.801. The summed E-state index contributed by atoms with van der Waals surface area (Å²) in [6, 6.07) is 6.86. The third-order valence-corrected chi connectivity index (χ3v) is 5.07. The first kappa shape index (κ1) is 17.5. The number of ether oxygens (including phenoxy) is 3. The number of carbonyl (C=O) groups excluding carboxylic acids is 1. The Morgan fingerprint density at radius 3 is 2.70 bits per heavy atom. The molecular weight excluding hydrogens is 346 g/mol. The molecule has 7 nitrogen and oxygen atoms in total. The summed E-state index contributed by atoms with van der Waals surface area (Å²) in [5, 5.41) is 2.99. The molecule has 2 aliphatic rings. The first-order chi connectivity index (χ1) is 13.1. The van der Waals surface area contributed by atoms with Gasteiger partial charge in [0, 0.05) is 42.0 Å². The normalized spacial score (nSPS) is 15.3. The number of carbonyl (C=O) groups is 1. The lowest BCUT2D eigenvalue weighted by Gasteiger charge is -2.29. The van der Waals surface area contributed by atoms with Gasteiger partial charge in [-0.25, -0.2) is 0 Å². The van der Waals surface area contributed by atoms with Gasteiger partial charge in [0.05, 0.1) is 7.11 Å². The summed E-state index contributed by atoms with van der Waals surface area (Å²) >= 11 is 0. The molecule has 3 N–H and O–H groups in total. The third kappa shape index (κ3) is 3.14. The summed E-state index contributed by atoms with van der Waals surface area (Å²) in [6.07, 6.45) is 0.867. The molecule has 0 spiro atoms. The molecule has 2 aromatic carbocycles. The largest absolute Gasteiger partial charge is 0.492 e. The van der Waals surface area contributed by atoms with Gasteiger partial charge in [-0.15, -0.1) is 0 Å². The van der Waals surface area contributed by atoms with Gasteiger partial charge < -0.3 is 30.2 Å². The predicted octanol–water partition coefficient (Wildman–Crippen LogP) is 1.92. The van der Waals surface area contributed by atoms with Gasteiger partial charge in [-0.1, -0.05) is 0 Å². The van der Waals surface area contributed by atoms with Crippen LogP contribution in [-0.2, 0) is 19.5 Å². The van der Waals surface area contributed by atoms with Gasteiger partial charge >= 0.3 is 0 Å². The van der Waals surface area contributed by atoms with Crippen molar-refractivity contribution in [1.82, 2.24) is 10.2 Å². The molecule has 7 heteroatoms. The van der Waals surface area contributed by atoms with Crippen LogP contribution in [0.3, 0.4) is 0 Å². The van der Waals surface area contributed by atoms with Crippen LogP contribution < -0.4 is 25.3 Å². The lowest BCUT2D eigenvalue weighted by atomic mass is 9.92. The Labute approximate surface area is 158 Å². The highest BCUT2D eigenvalue weighted by molar-refractivity contribution is 5.94. The molecule has 0 fully saturated rings. The van der Waals surface area contributed by atoms with Crippen LogP contribution >= 0.6 is 0 Å². The number of anilines is 1. The van der Waals surface area contributed by atoms with Gasteiger partial charge in [-0.3, -0.25) is 4.79 Å². The topological polar surface area (TPSA) is 86.0 Å². The molecule has 0 aromatic heterocycles. The highest BCUT2D eigenvalue weighted by Gasteiger charge is 2.32. The number of amides is 1. The maximum Gasteiger partial charge on any atom is 0.251 e. The van der Waals surface area contributed by atoms with Crippen LogP contribution in [0.25, 0.3) is 0 Å². The minimum atomic E-state index is -0.153. The SMILES string of the molecule is COc1c2c(c(CNC(=O)c3ccc(N)cc3)c3c1OCO3)CCN(C)C2. The number of nitrogens with two attached hydrogens (primary N) is 1. The van der Waals surface area contributed by atoms with Crippen molar-refractivity contribution in [2.75, 3.05) is 33.2 Å². The summed E-state index contributed by atoms with van der Waals surface area (Å²) in [5.41, 5.74) is 10.1. The van der Waals surface area contributed by atoms with Crippen LogP contribution in [0.2, 0.25) is 0 Å². The molecular formula is C20H23N3O4. The average molecular weight is 369 g/mol. The molecule has 142 valence electrons. The van der Waals surface area contributed by atoms with E-state index in [1.165, 1.54) is 5.56 Å². The van der Waals surface area contributed by atoms with Gasteiger partial charge in [0.2, 0.25) is 12.5 Å². The van der Waals surface area contributed by atoms with Crippen molar-refractivity contribution in [2.24, 2.45) is 0 Å². The number of fused-ring (bicyclic) bond motifs is 2. The van der Waals surface area contributed by atoms with Gasteiger partial charge in [-0.2, -0.15) is 0 Å². The number of hydrogen-bond acceptors (Lipinski definition) is 6. The lowest BCUT2D eigenvalue weighted by Crippen LogP contribution is -2.30. The fourth-order valence-electron chi connectivity index (χ4n) is 3.69. The summed E-state index contributed by atoms with van der Waals surface area (Å²) in [4.78, 5) is 14.8. The number of nitrogens with zero attached hydrogens (tertiary/aromatic N) is 1.